The quantitative estimate of drug-likeness (QED) is 0.184. The molecule has 1 aliphatic rings. The Morgan fingerprint density at radius 1 is 0.860 bits per heavy atom. The van der Waals surface area contributed by atoms with Gasteiger partial charge in [-0.25, -0.2) is 22.2 Å². The Bertz CT molecular complexity index is 2250. The minimum atomic E-state index is -3.94. The van der Waals surface area contributed by atoms with Gasteiger partial charge in [-0.1, -0.05) is 35.9 Å². The lowest BCUT2D eigenvalue weighted by Gasteiger charge is -2.36. The molecule has 1 amide bonds. The van der Waals surface area contributed by atoms with Gasteiger partial charge in [0.1, 0.15) is 5.60 Å². The van der Waals surface area contributed by atoms with Gasteiger partial charge in [0.05, 0.1) is 17.6 Å². The van der Waals surface area contributed by atoms with Crippen LogP contribution in [0.2, 0.25) is 0 Å². The monoisotopic (exact) mass is 689 g/mol. The molecule has 0 radical (unpaired) electrons. The third-order valence-electron chi connectivity index (χ3n) is 8.70. The molecule has 4 aromatic heterocycles. The molecule has 1 aliphatic heterocycles. The van der Waals surface area contributed by atoms with Crippen LogP contribution in [0.3, 0.4) is 0 Å². The fourth-order valence-corrected chi connectivity index (χ4v) is 7.40. The van der Waals surface area contributed by atoms with Gasteiger partial charge in [0.25, 0.3) is 10.0 Å². The zero-order valence-electron chi connectivity index (χ0n) is 28.5. The lowest BCUT2D eigenvalue weighted by molar-refractivity contribution is 0.0240. The number of carbonyl (C=O) groups excluding carboxylic acids is 1. The molecule has 256 valence electrons. The number of aryl methyl sites for hydroxylation is 1. The number of hydrogen-bond acceptors (Lipinski definition) is 8. The second-order valence-corrected chi connectivity index (χ2v) is 15.4. The average Bonchev–Trinajstić information content (AvgIpc) is 3.73. The molecule has 7 rings (SSSR count). The van der Waals surface area contributed by atoms with Crippen LogP contribution in [0.4, 0.5) is 10.5 Å². The fraction of sp³-hybridized carbons (Fsp3) is 0.263. The van der Waals surface area contributed by atoms with E-state index < -0.39 is 15.6 Å². The van der Waals surface area contributed by atoms with E-state index in [9.17, 15) is 13.2 Å². The molecular formula is C38H39N7O4S. The number of pyridine rings is 2. The van der Waals surface area contributed by atoms with Gasteiger partial charge in [-0.15, -0.1) is 0 Å². The van der Waals surface area contributed by atoms with Crippen molar-refractivity contribution in [1.82, 2.24) is 28.6 Å². The molecule has 1 fully saturated rings. The normalized spacial score (nSPS) is 13.9. The predicted molar refractivity (Wildman–Crippen MR) is 194 cm³/mol. The molecule has 5 heterocycles. The molecule has 11 nitrogen and oxygen atoms in total. The first-order chi connectivity index (χ1) is 23.9. The third-order valence-corrected chi connectivity index (χ3v) is 10.4. The number of carbonyl (C=O) groups is 1. The van der Waals surface area contributed by atoms with Crippen molar-refractivity contribution in [2.75, 3.05) is 31.1 Å². The Morgan fingerprint density at radius 2 is 1.60 bits per heavy atom. The first-order valence-corrected chi connectivity index (χ1v) is 18.0. The van der Waals surface area contributed by atoms with Crippen molar-refractivity contribution in [2.45, 2.75) is 44.7 Å². The van der Waals surface area contributed by atoms with Gasteiger partial charge < -0.3 is 14.5 Å². The molecule has 0 N–H and O–H groups in total. The Morgan fingerprint density at radius 3 is 2.28 bits per heavy atom. The van der Waals surface area contributed by atoms with Gasteiger partial charge in [0.15, 0.2) is 5.65 Å². The number of nitrogens with zero attached hydrogens (tertiary/aromatic N) is 7. The van der Waals surface area contributed by atoms with E-state index in [-0.39, 0.29) is 11.0 Å². The molecule has 0 spiro atoms. The van der Waals surface area contributed by atoms with Crippen molar-refractivity contribution < 1.29 is 17.9 Å². The number of anilines is 1. The highest BCUT2D eigenvalue weighted by atomic mass is 32.2. The fourth-order valence-electron chi connectivity index (χ4n) is 6.08. The SMILES string of the molecule is Cc1ccc(S(=O)(=O)n2cc(-c3cnn(Cc4cccnc4)c3)c3cc(-c4ccc(N5CCN(C(=O)OC(C)(C)C)CC5)cc4)cnc32)cc1. The van der Waals surface area contributed by atoms with E-state index in [4.69, 9.17) is 9.72 Å². The summed E-state index contributed by atoms with van der Waals surface area (Å²) in [6.07, 6.45) is 10.3. The summed E-state index contributed by atoms with van der Waals surface area (Å²) >= 11 is 0. The van der Waals surface area contributed by atoms with E-state index >= 15 is 0 Å². The summed E-state index contributed by atoms with van der Waals surface area (Å²) in [5.74, 6) is 0. The average molecular weight is 690 g/mol. The van der Waals surface area contributed by atoms with Crippen molar-refractivity contribution in [1.29, 1.82) is 0 Å². The number of fused-ring (bicyclic) bond motifs is 1. The molecule has 1 saturated heterocycles. The van der Waals surface area contributed by atoms with Gasteiger partial charge in [-0.2, -0.15) is 5.10 Å². The van der Waals surface area contributed by atoms with E-state index in [1.165, 1.54) is 3.97 Å². The summed E-state index contributed by atoms with van der Waals surface area (Å²) in [5, 5.41) is 5.27. The minimum Gasteiger partial charge on any atom is -0.444 e. The number of hydrogen-bond donors (Lipinski definition) is 0. The molecule has 0 atom stereocenters. The van der Waals surface area contributed by atoms with Crippen molar-refractivity contribution >= 4 is 32.8 Å². The maximum absolute atomic E-state index is 14.0. The van der Waals surface area contributed by atoms with E-state index in [2.05, 4.69) is 27.1 Å². The molecule has 0 bridgehead atoms. The summed E-state index contributed by atoms with van der Waals surface area (Å²) in [5.41, 5.74) is 6.13. The van der Waals surface area contributed by atoms with Gasteiger partial charge in [0.2, 0.25) is 0 Å². The number of aromatic nitrogens is 5. The van der Waals surface area contributed by atoms with E-state index in [0.29, 0.717) is 49.3 Å². The highest BCUT2D eigenvalue weighted by Crippen LogP contribution is 2.35. The second kappa shape index (κ2) is 13.1. The largest absolute Gasteiger partial charge is 0.444 e. The summed E-state index contributed by atoms with van der Waals surface area (Å²) in [6, 6.07) is 20.9. The molecule has 50 heavy (non-hydrogen) atoms. The smallest absolute Gasteiger partial charge is 0.410 e. The van der Waals surface area contributed by atoms with Crippen molar-refractivity contribution in [3.05, 3.63) is 115 Å². The highest BCUT2D eigenvalue weighted by molar-refractivity contribution is 7.90. The Hall–Kier alpha value is -5.49. The van der Waals surface area contributed by atoms with E-state index in [1.54, 1.807) is 60.1 Å². The summed E-state index contributed by atoms with van der Waals surface area (Å²) in [4.78, 5) is 25.7. The van der Waals surface area contributed by atoms with Crippen LogP contribution in [-0.2, 0) is 21.3 Å². The van der Waals surface area contributed by atoms with Crippen LogP contribution in [0.5, 0.6) is 0 Å². The van der Waals surface area contributed by atoms with Crippen LogP contribution >= 0.6 is 0 Å². The molecule has 2 aromatic carbocycles. The van der Waals surface area contributed by atoms with Crippen LogP contribution in [0.1, 0.15) is 31.9 Å². The van der Waals surface area contributed by atoms with Crippen LogP contribution in [0.15, 0.2) is 109 Å². The summed E-state index contributed by atoms with van der Waals surface area (Å²) < 4.78 is 36.6. The van der Waals surface area contributed by atoms with Crippen molar-refractivity contribution in [2.24, 2.45) is 0 Å². The Balaban J connectivity index is 1.20. The van der Waals surface area contributed by atoms with Crippen molar-refractivity contribution in [3.8, 4) is 22.3 Å². The van der Waals surface area contributed by atoms with Gasteiger partial charge in [-0.3, -0.25) is 9.67 Å². The van der Waals surface area contributed by atoms with Gasteiger partial charge >= 0.3 is 6.09 Å². The second-order valence-electron chi connectivity index (χ2n) is 13.5. The van der Waals surface area contributed by atoms with Crippen molar-refractivity contribution in [3.63, 3.8) is 0 Å². The van der Waals surface area contributed by atoms with Gasteiger partial charge in [0, 0.05) is 84.9 Å². The number of benzene rings is 2. The lowest BCUT2D eigenvalue weighted by atomic mass is 10.0. The summed E-state index contributed by atoms with van der Waals surface area (Å²) in [6.45, 7) is 10.6. The van der Waals surface area contributed by atoms with Crippen LogP contribution in [0, 0.1) is 6.92 Å². The zero-order chi connectivity index (χ0) is 35.0. The Kier molecular flexibility index (Phi) is 8.65. The Labute approximate surface area is 291 Å². The number of ether oxygens (including phenoxy) is 1. The van der Waals surface area contributed by atoms with Crippen LogP contribution in [0.25, 0.3) is 33.3 Å². The number of rotatable bonds is 7. The van der Waals surface area contributed by atoms with Crippen LogP contribution < -0.4 is 4.90 Å². The first kappa shape index (κ1) is 33.0. The number of piperazine rings is 1. The van der Waals surface area contributed by atoms with E-state index in [1.807, 2.05) is 68.9 Å². The molecule has 0 saturated carbocycles. The predicted octanol–water partition coefficient (Wildman–Crippen LogP) is 6.61. The molecule has 6 aromatic rings. The molecule has 12 heteroatoms. The first-order valence-electron chi connectivity index (χ1n) is 16.5. The van der Waals surface area contributed by atoms with Crippen LogP contribution in [-0.4, -0.2) is 74.9 Å². The molecule has 0 unspecified atom stereocenters. The highest BCUT2D eigenvalue weighted by Gasteiger charge is 2.27. The standard InChI is InChI=1S/C38H39N7O4S/c1-27-7-13-33(14-8-27)50(47,48)45-26-35(31-23-41-44(25-31)24-28-6-5-15-39-21-28)34-20-30(22-40-36(34)45)29-9-11-32(12-10-29)42-16-18-43(19-17-42)37(46)49-38(2,3)4/h5-15,20-23,25-26H,16-19,24H2,1-4H3. The maximum atomic E-state index is 14.0. The van der Waals surface area contributed by atoms with Gasteiger partial charge in [-0.05, 0) is 75.2 Å². The third kappa shape index (κ3) is 6.84. The molecular weight excluding hydrogens is 651 g/mol. The minimum absolute atomic E-state index is 0.187. The zero-order valence-corrected chi connectivity index (χ0v) is 29.3. The maximum Gasteiger partial charge on any atom is 0.410 e. The summed E-state index contributed by atoms with van der Waals surface area (Å²) in [7, 11) is -3.94. The van der Waals surface area contributed by atoms with E-state index in [0.717, 1.165) is 33.5 Å². The number of amides is 1. The molecule has 0 aliphatic carbocycles. The topological polar surface area (TPSA) is 115 Å². The lowest BCUT2D eigenvalue weighted by Crippen LogP contribution is -2.50.